The first kappa shape index (κ1) is 26.0. The molecule has 5 heteroatoms. The molecule has 0 amide bonds. The highest BCUT2D eigenvalue weighted by atomic mass is 16.1. The van der Waals surface area contributed by atoms with Gasteiger partial charge in [-0.2, -0.15) is 0 Å². The summed E-state index contributed by atoms with van der Waals surface area (Å²) in [5.74, 6) is 0. The van der Waals surface area contributed by atoms with Crippen molar-refractivity contribution in [3.8, 4) is 0 Å². The lowest BCUT2D eigenvalue weighted by Crippen LogP contribution is -2.28. The molecule has 1 atom stereocenters. The molecule has 37 heavy (non-hydrogen) atoms. The summed E-state index contributed by atoms with van der Waals surface area (Å²) in [6.45, 7) is 2.13. The summed E-state index contributed by atoms with van der Waals surface area (Å²) in [5.41, 5.74) is 7.76. The molecule has 3 aromatic rings. The van der Waals surface area contributed by atoms with E-state index in [4.69, 9.17) is 4.98 Å². The molecule has 0 radical (unpaired) electrons. The number of hydrogen-bond donors (Lipinski definition) is 3. The molecule has 5 nitrogen and oxygen atoms in total. The van der Waals surface area contributed by atoms with Crippen LogP contribution < -0.4 is 16.2 Å². The Morgan fingerprint density at radius 1 is 0.811 bits per heavy atom. The summed E-state index contributed by atoms with van der Waals surface area (Å²) in [7, 11) is 0. The highest BCUT2D eigenvalue weighted by molar-refractivity contribution is 5.93. The molecule has 3 N–H and O–H groups in total. The summed E-state index contributed by atoms with van der Waals surface area (Å²) in [6.07, 6.45) is 18.7. The number of hydrogen-bond acceptors (Lipinski definition) is 4. The molecule has 2 heterocycles. The Balaban J connectivity index is 0.936. The summed E-state index contributed by atoms with van der Waals surface area (Å²) in [6, 6.07) is 12.7. The number of rotatable bonds is 13. The molecule has 1 aromatic carbocycles. The number of nitrogens with zero attached hydrogens (tertiary/aromatic N) is 1. The second-order valence-electron chi connectivity index (χ2n) is 11.0. The Morgan fingerprint density at radius 2 is 1.57 bits per heavy atom. The van der Waals surface area contributed by atoms with Crippen molar-refractivity contribution >= 4 is 16.6 Å². The number of unbranched alkanes of at least 4 members (excludes halogenated alkanes) is 7. The molecule has 0 bridgehead atoms. The molecule has 0 aliphatic heterocycles. The Hall–Kier alpha value is -2.66. The van der Waals surface area contributed by atoms with Crippen molar-refractivity contribution in [3.05, 3.63) is 69.3 Å². The molecular weight excluding hydrogens is 456 g/mol. The first-order chi connectivity index (χ1) is 18.3. The summed E-state index contributed by atoms with van der Waals surface area (Å²) < 4.78 is 0. The predicted octanol–water partition coefficient (Wildman–Crippen LogP) is 7.00. The number of aromatic amines is 1. The maximum atomic E-state index is 11.6. The van der Waals surface area contributed by atoms with Crippen molar-refractivity contribution < 1.29 is 0 Å². The highest BCUT2D eigenvalue weighted by Gasteiger charge is 2.20. The Kier molecular flexibility index (Phi) is 9.28. The third-order valence-electron chi connectivity index (χ3n) is 8.30. The minimum atomic E-state index is 0.0246. The zero-order valence-electron chi connectivity index (χ0n) is 22.4. The van der Waals surface area contributed by atoms with Crippen LogP contribution in [0.2, 0.25) is 0 Å². The van der Waals surface area contributed by atoms with Crippen LogP contribution >= 0.6 is 0 Å². The summed E-state index contributed by atoms with van der Waals surface area (Å²) in [4.78, 5) is 19.6. The molecule has 5 rings (SSSR count). The van der Waals surface area contributed by atoms with E-state index in [0.29, 0.717) is 6.04 Å². The normalized spacial score (nSPS) is 16.9. The topological polar surface area (TPSA) is 69.8 Å². The number of aryl methyl sites for hydroxylation is 2. The average Bonchev–Trinajstić information content (AvgIpc) is 2.93. The molecule has 0 fully saturated rings. The molecule has 2 aliphatic carbocycles. The van der Waals surface area contributed by atoms with Crippen molar-refractivity contribution in [2.24, 2.45) is 0 Å². The van der Waals surface area contributed by atoms with E-state index in [2.05, 4.69) is 39.9 Å². The van der Waals surface area contributed by atoms with Crippen LogP contribution in [-0.4, -0.2) is 23.1 Å². The molecule has 0 saturated heterocycles. The van der Waals surface area contributed by atoms with Gasteiger partial charge in [0.25, 0.3) is 0 Å². The fourth-order valence-electron chi connectivity index (χ4n) is 6.29. The van der Waals surface area contributed by atoms with Crippen LogP contribution in [0.4, 0.5) is 5.69 Å². The SMILES string of the molecule is O=c1ccc2c([nH]1)CCC[C@H]2NCCCCCCCCCCNc1c2c(nc3ccccc13)CCCC2. The van der Waals surface area contributed by atoms with Crippen LogP contribution in [0.15, 0.2) is 41.2 Å². The predicted molar refractivity (Wildman–Crippen MR) is 155 cm³/mol. The Labute approximate surface area is 221 Å². The van der Waals surface area contributed by atoms with E-state index in [0.717, 1.165) is 43.6 Å². The average molecular weight is 501 g/mol. The van der Waals surface area contributed by atoms with E-state index >= 15 is 0 Å². The number of H-pyrrole nitrogens is 1. The Morgan fingerprint density at radius 3 is 2.43 bits per heavy atom. The number of pyridine rings is 2. The molecule has 0 spiro atoms. The molecular formula is C32H44N4O. The Bertz CT molecular complexity index is 1220. The highest BCUT2D eigenvalue weighted by Crippen LogP contribution is 2.33. The van der Waals surface area contributed by atoms with Crippen molar-refractivity contribution in [2.45, 2.75) is 102 Å². The maximum absolute atomic E-state index is 11.6. The van der Waals surface area contributed by atoms with E-state index in [1.165, 1.54) is 105 Å². The molecule has 2 aromatic heterocycles. The van der Waals surface area contributed by atoms with Gasteiger partial charge in [-0.3, -0.25) is 9.78 Å². The number of nitrogens with one attached hydrogen (secondary N) is 3. The van der Waals surface area contributed by atoms with Crippen molar-refractivity contribution in [1.29, 1.82) is 0 Å². The van der Waals surface area contributed by atoms with Crippen LogP contribution in [0.5, 0.6) is 0 Å². The van der Waals surface area contributed by atoms with Crippen LogP contribution in [0.25, 0.3) is 10.9 Å². The molecule has 0 saturated carbocycles. The van der Waals surface area contributed by atoms with Gasteiger partial charge in [-0.15, -0.1) is 0 Å². The number of fused-ring (bicyclic) bond motifs is 3. The van der Waals surface area contributed by atoms with Gasteiger partial charge in [0.1, 0.15) is 0 Å². The largest absolute Gasteiger partial charge is 0.384 e. The standard InChI is InChI=1S/C32H44N4O/c37-31-21-20-24-27(18-13-19-28(24)36-31)33-22-11-5-3-1-2-4-6-12-23-34-32-25-14-7-9-16-29(25)35-30-17-10-8-15-26(30)32/h7,9,14,16,20-21,27,33H,1-6,8,10-13,15,17-19,22-23H2,(H,34,35)(H,36,37)/t27-/m1/s1. The van der Waals surface area contributed by atoms with Gasteiger partial charge in [-0.1, -0.05) is 62.8 Å². The maximum Gasteiger partial charge on any atom is 0.248 e. The molecule has 198 valence electrons. The van der Waals surface area contributed by atoms with E-state index in [1.54, 1.807) is 6.07 Å². The number of anilines is 1. The quantitative estimate of drug-likeness (QED) is 0.221. The lowest BCUT2D eigenvalue weighted by Gasteiger charge is -2.26. The van der Waals surface area contributed by atoms with Crippen LogP contribution in [0.3, 0.4) is 0 Å². The minimum Gasteiger partial charge on any atom is -0.384 e. The summed E-state index contributed by atoms with van der Waals surface area (Å²) >= 11 is 0. The lowest BCUT2D eigenvalue weighted by molar-refractivity contribution is 0.442. The van der Waals surface area contributed by atoms with Gasteiger partial charge in [0.2, 0.25) is 5.56 Å². The lowest BCUT2D eigenvalue weighted by atomic mass is 9.91. The van der Waals surface area contributed by atoms with Gasteiger partial charge in [0.05, 0.1) is 5.52 Å². The van der Waals surface area contributed by atoms with E-state index < -0.39 is 0 Å². The first-order valence-electron chi connectivity index (χ1n) is 14.9. The zero-order chi connectivity index (χ0) is 25.3. The first-order valence-corrected chi connectivity index (χ1v) is 14.9. The van der Waals surface area contributed by atoms with E-state index in [1.807, 2.05) is 6.07 Å². The smallest absolute Gasteiger partial charge is 0.248 e. The zero-order valence-corrected chi connectivity index (χ0v) is 22.4. The van der Waals surface area contributed by atoms with Gasteiger partial charge >= 0.3 is 0 Å². The summed E-state index contributed by atoms with van der Waals surface area (Å²) in [5, 5.41) is 8.84. The van der Waals surface area contributed by atoms with Gasteiger partial charge in [0.15, 0.2) is 0 Å². The van der Waals surface area contributed by atoms with Gasteiger partial charge in [-0.05, 0) is 81.5 Å². The van der Waals surface area contributed by atoms with E-state index in [-0.39, 0.29) is 5.56 Å². The van der Waals surface area contributed by atoms with Crippen molar-refractivity contribution in [1.82, 2.24) is 15.3 Å². The number of aromatic nitrogens is 2. The van der Waals surface area contributed by atoms with Gasteiger partial charge in [0, 0.05) is 41.1 Å². The van der Waals surface area contributed by atoms with Crippen LogP contribution in [0, 0.1) is 0 Å². The third-order valence-corrected chi connectivity index (χ3v) is 8.30. The van der Waals surface area contributed by atoms with Crippen LogP contribution in [0.1, 0.15) is 106 Å². The number of para-hydroxylation sites is 1. The van der Waals surface area contributed by atoms with Gasteiger partial charge < -0.3 is 15.6 Å². The van der Waals surface area contributed by atoms with Gasteiger partial charge in [-0.25, -0.2) is 0 Å². The second kappa shape index (κ2) is 13.2. The minimum absolute atomic E-state index is 0.0246. The van der Waals surface area contributed by atoms with Crippen molar-refractivity contribution in [2.75, 3.05) is 18.4 Å². The van der Waals surface area contributed by atoms with Crippen LogP contribution in [-0.2, 0) is 19.3 Å². The van der Waals surface area contributed by atoms with E-state index in [9.17, 15) is 4.79 Å². The third kappa shape index (κ3) is 6.81. The molecule has 2 aliphatic rings. The fraction of sp³-hybridized carbons (Fsp3) is 0.562. The van der Waals surface area contributed by atoms with Crippen molar-refractivity contribution in [3.63, 3.8) is 0 Å². The molecule has 0 unspecified atom stereocenters. The number of benzene rings is 1. The fourth-order valence-corrected chi connectivity index (χ4v) is 6.29. The monoisotopic (exact) mass is 500 g/mol. The second-order valence-corrected chi connectivity index (χ2v) is 11.0.